The number of aryl methyl sites for hydroxylation is 1. The molecule has 1 aromatic rings. The van der Waals surface area contributed by atoms with E-state index in [0.717, 1.165) is 25.0 Å². The monoisotopic (exact) mass is 246 g/mol. The Labute approximate surface area is 109 Å². The van der Waals surface area contributed by atoms with E-state index in [-0.39, 0.29) is 11.4 Å². The number of amides is 1. The summed E-state index contributed by atoms with van der Waals surface area (Å²) in [5.74, 6) is 0.775. The number of hydrogen-bond donors (Lipinski definition) is 1. The summed E-state index contributed by atoms with van der Waals surface area (Å²) < 4.78 is 0. The van der Waals surface area contributed by atoms with Gasteiger partial charge in [-0.2, -0.15) is 0 Å². The van der Waals surface area contributed by atoms with E-state index < -0.39 is 0 Å². The van der Waals surface area contributed by atoms with Crippen molar-refractivity contribution < 1.29 is 4.79 Å². The molecule has 18 heavy (non-hydrogen) atoms. The van der Waals surface area contributed by atoms with Crippen molar-refractivity contribution in [3.63, 3.8) is 0 Å². The molecule has 1 aliphatic rings. The Bertz CT molecular complexity index is 425. The molecule has 0 aromatic carbocycles. The number of pyridine rings is 1. The fraction of sp³-hybridized carbons (Fsp3) is 0.600. The molecule has 1 fully saturated rings. The highest BCUT2D eigenvalue weighted by atomic mass is 16.2. The Morgan fingerprint density at radius 1 is 1.44 bits per heavy atom. The maximum absolute atomic E-state index is 11.6. The van der Waals surface area contributed by atoms with Crippen molar-refractivity contribution in [2.24, 2.45) is 5.92 Å². The van der Waals surface area contributed by atoms with Crippen LogP contribution in [0.3, 0.4) is 0 Å². The second kappa shape index (κ2) is 5.09. The predicted octanol–water partition coefficient (Wildman–Crippen LogP) is 2.63. The van der Waals surface area contributed by atoms with Gasteiger partial charge in [0.15, 0.2) is 0 Å². The maximum atomic E-state index is 11.6. The Balaban J connectivity index is 2.15. The molecule has 1 saturated heterocycles. The molecule has 1 N–H and O–H groups in total. The third-order valence-electron chi connectivity index (χ3n) is 3.55. The van der Waals surface area contributed by atoms with E-state index in [4.69, 9.17) is 0 Å². The van der Waals surface area contributed by atoms with E-state index >= 15 is 0 Å². The zero-order chi connectivity index (χ0) is 13.2. The quantitative estimate of drug-likeness (QED) is 0.887. The smallest absolute Gasteiger partial charge is 0.220 e. The lowest BCUT2D eigenvalue weighted by Crippen LogP contribution is -2.44. The minimum Gasteiger partial charge on any atom is -0.350 e. The molecule has 1 amide bonds. The summed E-state index contributed by atoms with van der Waals surface area (Å²) in [5, 5.41) is 3.20. The van der Waals surface area contributed by atoms with Gasteiger partial charge in [-0.3, -0.25) is 9.78 Å². The van der Waals surface area contributed by atoms with Gasteiger partial charge in [0.25, 0.3) is 0 Å². The molecular formula is C15H22N2O. The maximum Gasteiger partial charge on any atom is 0.220 e. The van der Waals surface area contributed by atoms with Crippen molar-refractivity contribution in [3.05, 3.63) is 29.6 Å². The number of carbonyl (C=O) groups is 1. The minimum atomic E-state index is -0.0534. The van der Waals surface area contributed by atoms with Crippen LogP contribution in [0.25, 0.3) is 0 Å². The summed E-state index contributed by atoms with van der Waals surface area (Å²) in [5.41, 5.74) is 2.19. The molecule has 0 radical (unpaired) electrons. The molecule has 2 rings (SSSR count). The molecule has 0 aliphatic carbocycles. The highest BCUT2D eigenvalue weighted by Gasteiger charge is 2.38. The van der Waals surface area contributed by atoms with Crippen LogP contribution in [0.1, 0.15) is 44.4 Å². The first-order valence-electron chi connectivity index (χ1n) is 6.72. The summed E-state index contributed by atoms with van der Waals surface area (Å²) in [4.78, 5) is 15.9. The van der Waals surface area contributed by atoms with Gasteiger partial charge in [-0.15, -0.1) is 0 Å². The van der Waals surface area contributed by atoms with Crippen LogP contribution in [0.5, 0.6) is 0 Å². The highest BCUT2D eigenvalue weighted by molar-refractivity contribution is 5.79. The Morgan fingerprint density at radius 2 is 2.22 bits per heavy atom. The number of nitrogens with zero attached hydrogens (tertiary/aromatic N) is 1. The van der Waals surface area contributed by atoms with Gasteiger partial charge >= 0.3 is 0 Å². The largest absolute Gasteiger partial charge is 0.350 e. The van der Waals surface area contributed by atoms with Gasteiger partial charge in [0.1, 0.15) is 0 Å². The molecule has 2 heterocycles. The number of nitrogens with one attached hydrogen (secondary N) is 1. The normalized spacial score (nSPS) is 23.4. The SMILES string of the molecule is Cc1ccc(CC2(CC(C)C)CCC(=O)N2)cn1. The van der Waals surface area contributed by atoms with E-state index in [1.165, 1.54) is 5.56 Å². The summed E-state index contributed by atoms with van der Waals surface area (Å²) in [7, 11) is 0. The first kappa shape index (κ1) is 13.1. The molecule has 1 aliphatic heterocycles. The van der Waals surface area contributed by atoms with Crippen LogP contribution in [0.4, 0.5) is 0 Å². The van der Waals surface area contributed by atoms with Crippen molar-refractivity contribution in [1.82, 2.24) is 10.3 Å². The number of rotatable bonds is 4. The Morgan fingerprint density at radius 3 is 2.72 bits per heavy atom. The van der Waals surface area contributed by atoms with Crippen LogP contribution in [-0.2, 0) is 11.2 Å². The standard InChI is InChI=1S/C15H22N2O/c1-11(2)8-15(7-6-14(18)17-15)9-13-5-4-12(3)16-10-13/h4-5,10-11H,6-9H2,1-3H3,(H,17,18). The van der Waals surface area contributed by atoms with E-state index in [9.17, 15) is 4.79 Å². The Hall–Kier alpha value is -1.38. The average Bonchev–Trinajstić information content (AvgIpc) is 2.62. The predicted molar refractivity (Wildman–Crippen MR) is 72.2 cm³/mol. The van der Waals surface area contributed by atoms with Crippen LogP contribution < -0.4 is 5.32 Å². The molecule has 0 spiro atoms. The summed E-state index contributed by atoms with van der Waals surface area (Å²) in [6.45, 7) is 6.41. The lowest BCUT2D eigenvalue weighted by Gasteiger charge is -2.31. The van der Waals surface area contributed by atoms with Crippen molar-refractivity contribution in [1.29, 1.82) is 0 Å². The van der Waals surface area contributed by atoms with E-state index in [1.807, 2.05) is 19.2 Å². The second-order valence-corrected chi connectivity index (χ2v) is 5.91. The van der Waals surface area contributed by atoms with Crippen LogP contribution in [0.2, 0.25) is 0 Å². The molecular weight excluding hydrogens is 224 g/mol. The third-order valence-corrected chi connectivity index (χ3v) is 3.55. The fourth-order valence-electron chi connectivity index (χ4n) is 2.91. The number of aromatic nitrogens is 1. The van der Waals surface area contributed by atoms with Gasteiger partial charge in [0.05, 0.1) is 0 Å². The van der Waals surface area contributed by atoms with Crippen LogP contribution in [-0.4, -0.2) is 16.4 Å². The first-order valence-corrected chi connectivity index (χ1v) is 6.72. The van der Waals surface area contributed by atoms with E-state index in [1.54, 1.807) is 0 Å². The lowest BCUT2D eigenvalue weighted by molar-refractivity contribution is -0.119. The number of carbonyl (C=O) groups excluding carboxylic acids is 1. The second-order valence-electron chi connectivity index (χ2n) is 5.91. The molecule has 3 heteroatoms. The van der Waals surface area contributed by atoms with Gasteiger partial charge in [-0.25, -0.2) is 0 Å². The zero-order valence-electron chi connectivity index (χ0n) is 11.5. The molecule has 0 bridgehead atoms. The van der Waals surface area contributed by atoms with Gasteiger partial charge in [-0.1, -0.05) is 19.9 Å². The zero-order valence-corrected chi connectivity index (χ0v) is 11.5. The molecule has 1 aromatic heterocycles. The van der Waals surface area contributed by atoms with E-state index in [2.05, 4.69) is 30.2 Å². The molecule has 1 atom stereocenters. The third kappa shape index (κ3) is 3.09. The topological polar surface area (TPSA) is 42.0 Å². The van der Waals surface area contributed by atoms with Crippen LogP contribution in [0.15, 0.2) is 18.3 Å². The van der Waals surface area contributed by atoms with Crippen molar-refractivity contribution in [2.75, 3.05) is 0 Å². The van der Waals surface area contributed by atoms with Gasteiger partial charge in [0, 0.05) is 23.9 Å². The van der Waals surface area contributed by atoms with E-state index in [0.29, 0.717) is 12.3 Å². The van der Waals surface area contributed by atoms with Gasteiger partial charge < -0.3 is 5.32 Å². The van der Waals surface area contributed by atoms with Crippen LogP contribution >= 0.6 is 0 Å². The summed E-state index contributed by atoms with van der Waals surface area (Å²) >= 11 is 0. The average molecular weight is 246 g/mol. The van der Waals surface area contributed by atoms with Crippen molar-refractivity contribution >= 4 is 5.91 Å². The summed E-state index contributed by atoms with van der Waals surface area (Å²) in [6.07, 6.45) is 5.46. The Kier molecular flexibility index (Phi) is 3.69. The van der Waals surface area contributed by atoms with Crippen molar-refractivity contribution in [3.8, 4) is 0 Å². The lowest BCUT2D eigenvalue weighted by atomic mass is 9.82. The summed E-state index contributed by atoms with van der Waals surface area (Å²) in [6, 6.07) is 4.16. The van der Waals surface area contributed by atoms with Gasteiger partial charge in [-0.05, 0) is 43.7 Å². The molecule has 0 saturated carbocycles. The molecule has 98 valence electrons. The minimum absolute atomic E-state index is 0.0534. The van der Waals surface area contributed by atoms with Crippen molar-refractivity contribution in [2.45, 2.75) is 52.0 Å². The fourth-order valence-corrected chi connectivity index (χ4v) is 2.91. The first-order chi connectivity index (χ1) is 8.49. The molecule has 1 unspecified atom stereocenters. The highest BCUT2D eigenvalue weighted by Crippen LogP contribution is 2.31. The van der Waals surface area contributed by atoms with Gasteiger partial charge in [0.2, 0.25) is 5.91 Å². The number of hydrogen-bond acceptors (Lipinski definition) is 2. The van der Waals surface area contributed by atoms with Crippen LogP contribution in [0, 0.1) is 12.8 Å². The molecule has 3 nitrogen and oxygen atoms in total.